The molecule has 0 aromatic heterocycles. The summed E-state index contributed by atoms with van der Waals surface area (Å²) in [6.45, 7) is 5.57. The van der Waals surface area contributed by atoms with Crippen LogP contribution in [0.2, 0.25) is 0 Å². The molecule has 5 nitrogen and oxygen atoms in total. The summed E-state index contributed by atoms with van der Waals surface area (Å²) in [4.78, 5) is 12.4. The van der Waals surface area contributed by atoms with Gasteiger partial charge in [0.05, 0.1) is 19.2 Å². The summed E-state index contributed by atoms with van der Waals surface area (Å²) >= 11 is 0. The maximum absolute atomic E-state index is 12.4. The molecular formula is C22H26N2O3. The highest BCUT2D eigenvalue weighted by Crippen LogP contribution is 2.30. The Morgan fingerprint density at radius 3 is 2.41 bits per heavy atom. The van der Waals surface area contributed by atoms with Gasteiger partial charge in [0, 0.05) is 5.69 Å². The molecule has 0 fully saturated rings. The molecule has 0 unspecified atom stereocenters. The molecular weight excluding hydrogens is 340 g/mol. The number of methoxy groups -OCH3 is 1. The van der Waals surface area contributed by atoms with Crippen LogP contribution >= 0.6 is 0 Å². The number of carbonyl (C=O) groups is 1. The van der Waals surface area contributed by atoms with E-state index in [4.69, 9.17) is 9.47 Å². The quantitative estimate of drug-likeness (QED) is 0.818. The lowest BCUT2D eigenvalue weighted by atomic mass is 9.89. The summed E-state index contributed by atoms with van der Waals surface area (Å²) in [7, 11) is 1.64. The fourth-order valence-corrected chi connectivity index (χ4v) is 3.07. The van der Waals surface area contributed by atoms with E-state index < -0.39 is 11.7 Å². The number of carbonyl (C=O) groups excluding carboxylic acids is 1. The SMILES string of the molecule is COc1ccc(N[C@@H]2C=Cc3ccccc3[C@H]2NC(=O)OC(C)(C)C)cc1. The number of fused-ring (bicyclic) bond motifs is 1. The van der Waals surface area contributed by atoms with Gasteiger partial charge in [-0.05, 0) is 56.2 Å². The summed E-state index contributed by atoms with van der Waals surface area (Å²) in [5.41, 5.74) is 2.54. The molecule has 1 aliphatic rings. The summed E-state index contributed by atoms with van der Waals surface area (Å²) in [5.74, 6) is 0.800. The van der Waals surface area contributed by atoms with E-state index in [1.165, 1.54) is 0 Å². The maximum Gasteiger partial charge on any atom is 0.408 e. The van der Waals surface area contributed by atoms with Crippen LogP contribution in [-0.2, 0) is 4.74 Å². The lowest BCUT2D eigenvalue weighted by Gasteiger charge is -2.32. The van der Waals surface area contributed by atoms with Crippen molar-refractivity contribution in [3.63, 3.8) is 0 Å². The number of nitrogens with one attached hydrogen (secondary N) is 2. The Bertz CT molecular complexity index is 822. The van der Waals surface area contributed by atoms with Crippen molar-refractivity contribution in [1.29, 1.82) is 0 Å². The number of ether oxygens (including phenoxy) is 2. The minimum atomic E-state index is -0.549. The van der Waals surface area contributed by atoms with Crippen LogP contribution in [0, 0.1) is 0 Å². The Kier molecular flexibility index (Phi) is 5.40. The first-order valence-corrected chi connectivity index (χ1v) is 9.03. The van der Waals surface area contributed by atoms with Crippen molar-refractivity contribution >= 4 is 17.9 Å². The second kappa shape index (κ2) is 7.74. The third kappa shape index (κ3) is 4.82. The second-order valence-corrected chi connectivity index (χ2v) is 7.51. The number of hydrogen-bond donors (Lipinski definition) is 2. The largest absolute Gasteiger partial charge is 0.497 e. The van der Waals surface area contributed by atoms with Gasteiger partial charge in [-0.2, -0.15) is 0 Å². The zero-order valence-electron chi connectivity index (χ0n) is 16.2. The lowest BCUT2D eigenvalue weighted by molar-refractivity contribution is 0.0501. The third-order valence-electron chi connectivity index (χ3n) is 4.27. The van der Waals surface area contributed by atoms with Gasteiger partial charge in [0.1, 0.15) is 11.4 Å². The molecule has 27 heavy (non-hydrogen) atoms. The molecule has 0 spiro atoms. The highest BCUT2D eigenvalue weighted by molar-refractivity contribution is 5.71. The molecule has 0 aliphatic heterocycles. The van der Waals surface area contributed by atoms with Crippen LogP contribution in [-0.4, -0.2) is 24.8 Å². The molecule has 3 rings (SSSR count). The van der Waals surface area contributed by atoms with Crippen LogP contribution in [0.1, 0.15) is 37.9 Å². The number of rotatable bonds is 4. The highest BCUT2D eigenvalue weighted by Gasteiger charge is 2.29. The second-order valence-electron chi connectivity index (χ2n) is 7.51. The molecule has 142 valence electrons. The van der Waals surface area contributed by atoms with E-state index in [0.717, 1.165) is 22.6 Å². The summed E-state index contributed by atoms with van der Waals surface area (Å²) in [5, 5.41) is 6.50. The van der Waals surface area contributed by atoms with Crippen molar-refractivity contribution in [2.24, 2.45) is 0 Å². The Morgan fingerprint density at radius 2 is 1.74 bits per heavy atom. The molecule has 1 amide bonds. The first-order valence-electron chi connectivity index (χ1n) is 9.03. The first-order chi connectivity index (χ1) is 12.9. The number of amides is 1. The molecule has 2 N–H and O–H groups in total. The summed E-state index contributed by atoms with van der Waals surface area (Å²) in [6, 6.07) is 15.4. The Labute approximate surface area is 160 Å². The minimum absolute atomic E-state index is 0.110. The van der Waals surface area contributed by atoms with E-state index in [0.29, 0.717) is 0 Å². The smallest absolute Gasteiger partial charge is 0.408 e. The number of alkyl carbamates (subject to hydrolysis) is 1. The molecule has 0 saturated carbocycles. The normalized spacial score (nSPS) is 18.4. The maximum atomic E-state index is 12.4. The van der Waals surface area contributed by atoms with E-state index in [1.54, 1.807) is 7.11 Å². The molecule has 2 atom stereocenters. The Balaban J connectivity index is 1.83. The summed E-state index contributed by atoms with van der Waals surface area (Å²) in [6.07, 6.45) is 3.71. The number of hydrogen-bond acceptors (Lipinski definition) is 4. The lowest BCUT2D eigenvalue weighted by Crippen LogP contribution is -2.42. The van der Waals surface area contributed by atoms with Gasteiger partial charge in [-0.1, -0.05) is 36.4 Å². The van der Waals surface area contributed by atoms with Crippen molar-refractivity contribution < 1.29 is 14.3 Å². The highest BCUT2D eigenvalue weighted by atomic mass is 16.6. The fourth-order valence-electron chi connectivity index (χ4n) is 3.07. The number of anilines is 1. The number of benzene rings is 2. The molecule has 2 aromatic rings. The molecule has 2 aromatic carbocycles. The van der Waals surface area contributed by atoms with Gasteiger partial charge in [0.25, 0.3) is 0 Å². The van der Waals surface area contributed by atoms with Crippen LogP contribution in [0.5, 0.6) is 5.75 Å². The monoisotopic (exact) mass is 366 g/mol. The van der Waals surface area contributed by atoms with Gasteiger partial charge >= 0.3 is 6.09 Å². The molecule has 0 heterocycles. The van der Waals surface area contributed by atoms with E-state index in [9.17, 15) is 4.79 Å². The minimum Gasteiger partial charge on any atom is -0.497 e. The van der Waals surface area contributed by atoms with Gasteiger partial charge in [0.15, 0.2) is 0 Å². The van der Waals surface area contributed by atoms with E-state index in [1.807, 2.05) is 69.3 Å². The molecule has 1 aliphatic carbocycles. The van der Waals surface area contributed by atoms with Gasteiger partial charge in [-0.3, -0.25) is 0 Å². The fraction of sp³-hybridized carbons (Fsp3) is 0.318. The van der Waals surface area contributed by atoms with E-state index in [-0.39, 0.29) is 12.1 Å². The van der Waals surface area contributed by atoms with Gasteiger partial charge in [-0.15, -0.1) is 0 Å². The van der Waals surface area contributed by atoms with Gasteiger partial charge in [-0.25, -0.2) is 4.79 Å². The van der Waals surface area contributed by atoms with Crippen LogP contribution in [0.15, 0.2) is 54.6 Å². The van der Waals surface area contributed by atoms with Crippen LogP contribution in [0.25, 0.3) is 6.08 Å². The van der Waals surface area contributed by atoms with Crippen molar-refractivity contribution in [1.82, 2.24) is 5.32 Å². The topological polar surface area (TPSA) is 59.6 Å². The van der Waals surface area contributed by atoms with E-state index >= 15 is 0 Å². The van der Waals surface area contributed by atoms with Crippen LogP contribution in [0.4, 0.5) is 10.5 Å². The van der Waals surface area contributed by atoms with Crippen molar-refractivity contribution in [2.75, 3.05) is 12.4 Å². The average Bonchev–Trinajstić information content (AvgIpc) is 2.63. The van der Waals surface area contributed by atoms with Crippen LogP contribution in [0.3, 0.4) is 0 Å². The standard InChI is InChI=1S/C22H26N2O3/c1-22(2,3)27-21(25)24-20-18-8-6-5-7-15(18)9-14-19(20)23-16-10-12-17(26-4)13-11-16/h5-14,19-20,23H,1-4H3,(H,24,25)/t19-,20-/m1/s1. The van der Waals surface area contributed by atoms with Crippen molar-refractivity contribution in [3.8, 4) is 5.75 Å². The van der Waals surface area contributed by atoms with Crippen molar-refractivity contribution in [2.45, 2.75) is 38.5 Å². The Morgan fingerprint density at radius 1 is 1.04 bits per heavy atom. The molecule has 5 heteroatoms. The van der Waals surface area contributed by atoms with Crippen LogP contribution < -0.4 is 15.4 Å². The van der Waals surface area contributed by atoms with Gasteiger partial charge in [0.2, 0.25) is 0 Å². The average molecular weight is 366 g/mol. The zero-order valence-corrected chi connectivity index (χ0v) is 16.2. The molecule has 0 saturated heterocycles. The van der Waals surface area contributed by atoms with Crippen molar-refractivity contribution in [3.05, 3.63) is 65.7 Å². The Hall–Kier alpha value is -2.95. The predicted octanol–water partition coefficient (Wildman–Crippen LogP) is 4.77. The van der Waals surface area contributed by atoms with Gasteiger partial charge < -0.3 is 20.1 Å². The zero-order chi connectivity index (χ0) is 19.4. The summed E-state index contributed by atoms with van der Waals surface area (Å²) < 4.78 is 10.7. The first kappa shape index (κ1) is 18.8. The molecule has 0 bridgehead atoms. The molecule has 0 radical (unpaired) electrons. The van der Waals surface area contributed by atoms with E-state index in [2.05, 4.69) is 22.8 Å². The predicted molar refractivity (Wildman–Crippen MR) is 108 cm³/mol. The third-order valence-corrected chi connectivity index (χ3v) is 4.27.